The third-order valence-corrected chi connectivity index (χ3v) is 9.02. The number of fused-ring (bicyclic) bond motifs is 1. The first-order valence-electron chi connectivity index (χ1n) is 12.6. The van der Waals surface area contributed by atoms with E-state index in [1.54, 1.807) is 4.90 Å². The van der Waals surface area contributed by atoms with Crippen LogP contribution in [-0.4, -0.2) is 86.2 Å². The van der Waals surface area contributed by atoms with Crippen molar-refractivity contribution in [3.8, 4) is 0 Å². The minimum absolute atomic E-state index is 0.0155. The average molecular weight is 618 g/mol. The number of carbonyl (C=O) groups excluding carboxylic acids is 3. The molecule has 224 valence electrons. The van der Waals surface area contributed by atoms with E-state index in [0.717, 1.165) is 10.1 Å². The molecule has 0 bridgehead atoms. The van der Waals surface area contributed by atoms with Crippen LogP contribution in [0.25, 0.3) is 10.1 Å². The zero-order chi connectivity index (χ0) is 30.5. The summed E-state index contributed by atoms with van der Waals surface area (Å²) in [5.41, 5.74) is -0.443. The van der Waals surface area contributed by atoms with Crippen LogP contribution in [-0.2, 0) is 20.4 Å². The summed E-state index contributed by atoms with van der Waals surface area (Å²) in [6.45, 7) is 6.77. The van der Waals surface area contributed by atoms with Gasteiger partial charge in [-0.2, -0.15) is 13.2 Å². The number of halogens is 3. The molecule has 2 aliphatic rings. The van der Waals surface area contributed by atoms with Crippen molar-refractivity contribution >= 4 is 66.9 Å². The van der Waals surface area contributed by atoms with E-state index in [-0.39, 0.29) is 28.8 Å². The first-order chi connectivity index (χ1) is 19.2. The summed E-state index contributed by atoms with van der Waals surface area (Å²) in [6.07, 6.45) is -4.30. The number of aliphatic imine (C=N–C) groups is 1. The van der Waals surface area contributed by atoms with Gasteiger partial charge in [-0.1, -0.05) is 32.0 Å². The Kier molecular flexibility index (Phi) is 10.1. The van der Waals surface area contributed by atoms with E-state index in [1.165, 1.54) is 11.3 Å². The second kappa shape index (κ2) is 13.0. The molecule has 1 spiro atoms. The third kappa shape index (κ3) is 7.61. The van der Waals surface area contributed by atoms with Gasteiger partial charge in [0, 0.05) is 45.8 Å². The first kappa shape index (κ1) is 32.0. The maximum atomic E-state index is 13.6. The number of urea groups is 1. The normalized spacial score (nSPS) is 17.0. The maximum absolute atomic E-state index is 13.6. The quantitative estimate of drug-likeness (QED) is 0.390. The number of benzene rings is 1. The van der Waals surface area contributed by atoms with Gasteiger partial charge in [-0.3, -0.25) is 24.1 Å². The topological polar surface area (TPSA) is 157 Å². The molecule has 1 aromatic carbocycles. The first-order valence-corrected chi connectivity index (χ1v) is 14.8. The molecule has 1 aromatic heterocycles. The standard InChI is InChI=1S/C23H29N5O4S2.C2HF3O2/c1-4-24-22(31)26-19-18(15-7-5-6-8-16(15)33-19)20(29)28-11-9-23(10-12-28)21(30)25-17(27-23)13-34(32)14(2)3;3-2(4,5)1(6)7/h5-8,14H,4,9-13H2,1-3H3,(H2,24,26,31)(H,25,27,30);(H,6,7). The third-order valence-electron chi connectivity index (χ3n) is 6.33. The molecule has 1 unspecified atom stereocenters. The molecular formula is C25H30F3N5O6S2. The van der Waals surface area contributed by atoms with Crippen LogP contribution in [0.1, 0.15) is 44.0 Å². The molecule has 0 aliphatic carbocycles. The summed E-state index contributed by atoms with van der Waals surface area (Å²) in [5.74, 6) is -2.43. The number of nitrogens with one attached hydrogen (secondary N) is 3. The van der Waals surface area contributed by atoms with Crippen molar-refractivity contribution in [2.75, 3.05) is 30.7 Å². The Bertz CT molecular complexity index is 1380. The number of carboxylic acids is 1. The van der Waals surface area contributed by atoms with Crippen LogP contribution < -0.4 is 16.0 Å². The number of hydrogen-bond acceptors (Lipinski definition) is 7. The van der Waals surface area contributed by atoms with Crippen molar-refractivity contribution in [2.24, 2.45) is 4.99 Å². The van der Waals surface area contributed by atoms with Crippen molar-refractivity contribution in [3.63, 3.8) is 0 Å². The summed E-state index contributed by atoms with van der Waals surface area (Å²) >= 11 is 1.36. The van der Waals surface area contributed by atoms with Gasteiger partial charge < -0.3 is 20.6 Å². The summed E-state index contributed by atoms with van der Waals surface area (Å²) in [5, 5.41) is 16.7. The van der Waals surface area contributed by atoms with Gasteiger partial charge in [0.2, 0.25) is 0 Å². The monoisotopic (exact) mass is 617 g/mol. The lowest BCUT2D eigenvalue weighted by Gasteiger charge is -2.35. The fraction of sp³-hybridized carbons (Fsp3) is 0.480. The fourth-order valence-corrected chi connectivity index (χ4v) is 6.01. The minimum atomic E-state index is -5.08. The number of carbonyl (C=O) groups is 4. The summed E-state index contributed by atoms with van der Waals surface area (Å²) in [4.78, 5) is 53.8. The van der Waals surface area contributed by atoms with Gasteiger partial charge in [-0.15, -0.1) is 11.3 Å². The molecule has 3 heterocycles. The minimum Gasteiger partial charge on any atom is -0.475 e. The lowest BCUT2D eigenvalue weighted by molar-refractivity contribution is -0.192. The number of aliphatic carboxylic acids is 1. The molecule has 4 rings (SSSR count). The Morgan fingerprint density at radius 1 is 1.22 bits per heavy atom. The zero-order valence-corrected chi connectivity index (χ0v) is 24.1. The molecule has 2 aliphatic heterocycles. The van der Waals surface area contributed by atoms with Gasteiger partial charge in [0.15, 0.2) is 0 Å². The van der Waals surface area contributed by atoms with Crippen LogP contribution >= 0.6 is 11.3 Å². The number of carboxylic acid groups (broad SMARTS) is 1. The highest BCUT2D eigenvalue weighted by molar-refractivity contribution is 7.86. The van der Waals surface area contributed by atoms with E-state index in [9.17, 15) is 31.8 Å². The number of hydrogen-bond donors (Lipinski definition) is 4. The smallest absolute Gasteiger partial charge is 0.475 e. The van der Waals surface area contributed by atoms with Crippen LogP contribution in [0.3, 0.4) is 0 Å². The number of nitrogens with zero attached hydrogens (tertiary/aromatic N) is 2. The highest BCUT2D eigenvalue weighted by atomic mass is 32.2. The second-order valence-electron chi connectivity index (χ2n) is 9.50. The van der Waals surface area contributed by atoms with Crippen LogP contribution in [0.2, 0.25) is 0 Å². The summed E-state index contributed by atoms with van der Waals surface area (Å²) in [7, 11) is -1.10. The molecule has 4 amide bonds. The number of alkyl halides is 3. The van der Waals surface area contributed by atoms with Gasteiger partial charge in [0.1, 0.15) is 16.4 Å². The number of amidine groups is 1. The number of anilines is 1. The van der Waals surface area contributed by atoms with Crippen LogP contribution in [0.5, 0.6) is 0 Å². The molecule has 16 heteroatoms. The predicted molar refractivity (Wildman–Crippen MR) is 150 cm³/mol. The number of likely N-dealkylation sites (tertiary alicyclic amines) is 1. The van der Waals surface area contributed by atoms with Crippen molar-refractivity contribution in [2.45, 2.75) is 50.6 Å². The molecule has 41 heavy (non-hydrogen) atoms. The second-order valence-corrected chi connectivity index (χ2v) is 12.5. The van der Waals surface area contributed by atoms with E-state index in [0.29, 0.717) is 48.9 Å². The van der Waals surface area contributed by atoms with Gasteiger partial charge in [0.25, 0.3) is 11.8 Å². The van der Waals surface area contributed by atoms with E-state index < -0.39 is 28.5 Å². The van der Waals surface area contributed by atoms with Crippen molar-refractivity contribution < 1.29 is 41.7 Å². The largest absolute Gasteiger partial charge is 0.490 e. The Morgan fingerprint density at radius 3 is 2.39 bits per heavy atom. The zero-order valence-electron chi connectivity index (χ0n) is 22.5. The maximum Gasteiger partial charge on any atom is 0.490 e. The van der Waals surface area contributed by atoms with E-state index >= 15 is 0 Å². The van der Waals surface area contributed by atoms with Crippen LogP contribution in [0.4, 0.5) is 23.0 Å². The molecule has 11 nitrogen and oxygen atoms in total. The van der Waals surface area contributed by atoms with Crippen LogP contribution in [0, 0.1) is 0 Å². The Morgan fingerprint density at radius 2 is 1.83 bits per heavy atom. The molecule has 0 radical (unpaired) electrons. The number of piperidine rings is 1. The number of thiophene rings is 1. The highest BCUT2D eigenvalue weighted by Gasteiger charge is 2.47. The molecular weight excluding hydrogens is 587 g/mol. The summed E-state index contributed by atoms with van der Waals surface area (Å²) in [6, 6.07) is 7.21. The molecule has 1 saturated heterocycles. The van der Waals surface area contributed by atoms with Gasteiger partial charge in [-0.25, -0.2) is 9.59 Å². The molecule has 1 atom stereocenters. The van der Waals surface area contributed by atoms with Gasteiger partial charge in [-0.05, 0) is 25.8 Å². The van der Waals surface area contributed by atoms with Gasteiger partial charge in [0.05, 0.1) is 11.3 Å². The predicted octanol–water partition coefficient (Wildman–Crippen LogP) is 3.34. The lowest BCUT2D eigenvalue weighted by atomic mass is 9.87. The lowest BCUT2D eigenvalue weighted by Crippen LogP contribution is -2.50. The van der Waals surface area contributed by atoms with E-state index in [2.05, 4.69) is 20.9 Å². The Labute approximate surface area is 240 Å². The van der Waals surface area contributed by atoms with Gasteiger partial charge >= 0.3 is 18.2 Å². The molecule has 2 aromatic rings. The van der Waals surface area contributed by atoms with Crippen molar-refractivity contribution in [1.29, 1.82) is 0 Å². The van der Waals surface area contributed by atoms with Crippen molar-refractivity contribution in [3.05, 3.63) is 29.8 Å². The fourth-order valence-electron chi connectivity index (χ4n) is 4.18. The summed E-state index contributed by atoms with van der Waals surface area (Å²) < 4.78 is 44.8. The molecule has 1 fully saturated rings. The molecule has 0 saturated carbocycles. The van der Waals surface area contributed by atoms with Crippen molar-refractivity contribution in [1.82, 2.24) is 15.5 Å². The SMILES string of the molecule is CCNC(=O)Nc1sc2ccccc2c1C(=O)N1CCC2(CC1)N=C(CS(=O)C(C)C)NC2=O.O=C(O)C(F)(F)F. The Hall–Kier alpha value is -3.53. The Balaban J connectivity index is 0.000000587. The number of amides is 4. The van der Waals surface area contributed by atoms with E-state index in [1.807, 2.05) is 45.0 Å². The molecule has 4 N–H and O–H groups in total. The van der Waals surface area contributed by atoms with E-state index in [4.69, 9.17) is 9.90 Å². The van der Waals surface area contributed by atoms with Crippen LogP contribution in [0.15, 0.2) is 29.3 Å². The number of rotatable bonds is 6. The average Bonchev–Trinajstić information content (AvgIpc) is 3.40. The highest BCUT2D eigenvalue weighted by Crippen LogP contribution is 2.38.